The van der Waals surface area contributed by atoms with E-state index >= 15 is 0 Å². The normalized spacial score (nSPS) is 13.0. The number of nitrogens with one attached hydrogen (secondary N) is 1. The van der Waals surface area contributed by atoms with Crippen LogP contribution in [0.2, 0.25) is 0 Å². The molecule has 0 aliphatic heterocycles. The zero-order chi connectivity index (χ0) is 41.3. The van der Waals surface area contributed by atoms with Gasteiger partial charge in [-0.3, -0.25) is 5.41 Å². The largest absolute Gasteiger partial charge is 0.282 e. The molecule has 0 saturated heterocycles. The lowest BCUT2D eigenvalue weighted by Crippen LogP contribution is -2.14. The minimum atomic E-state index is -0.0372. The number of amidine groups is 1. The highest BCUT2D eigenvalue weighted by Gasteiger charge is 2.36. The minimum Gasteiger partial charge on any atom is -0.282 e. The van der Waals surface area contributed by atoms with Gasteiger partial charge < -0.3 is 0 Å². The number of benzene rings is 9. The van der Waals surface area contributed by atoms with Gasteiger partial charge in [0.2, 0.25) is 0 Å². The van der Waals surface area contributed by atoms with Crippen molar-refractivity contribution < 1.29 is 0 Å². The average molecular weight is 781 g/mol. The second-order valence-corrected chi connectivity index (χ2v) is 16.3. The smallest absolute Gasteiger partial charge is 0.152 e. The van der Waals surface area contributed by atoms with E-state index in [0.29, 0.717) is 5.71 Å². The zero-order valence-corrected chi connectivity index (χ0v) is 34.3. The van der Waals surface area contributed by atoms with E-state index < -0.39 is 0 Å². The summed E-state index contributed by atoms with van der Waals surface area (Å²) in [5, 5.41) is 11.5. The van der Waals surface area contributed by atoms with E-state index in [1.807, 2.05) is 42.5 Å². The fraction of sp³-hybridized carbons (Fsp3) is 0.0508. The van der Waals surface area contributed by atoms with Gasteiger partial charge in [-0.25, -0.2) is 4.99 Å². The van der Waals surface area contributed by atoms with Crippen LogP contribution in [0.5, 0.6) is 0 Å². The Labute approximate surface area is 358 Å². The number of fused-ring (bicyclic) bond motifs is 4. The lowest BCUT2D eigenvalue weighted by Gasteiger charge is -2.21. The Morgan fingerprint density at radius 1 is 0.426 bits per heavy atom. The first-order valence-electron chi connectivity index (χ1n) is 21.0. The maximum atomic E-state index is 9.12. The van der Waals surface area contributed by atoms with E-state index in [0.717, 1.165) is 44.3 Å². The monoisotopic (exact) mass is 780 g/mol. The first-order valence-corrected chi connectivity index (χ1v) is 21.0. The van der Waals surface area contributed by atoms with Crippen molar-refractivity contribution in [3.05, 3.63) is 246 Å². The molecule has 0 spiro atoms. The van der Waals surface area contributed by atoms with E-state index in [1.165, 1.54) is 49.9 Å². The van der Waals surface area contributed by atoms with Crippen molar-refractivity contribution >= 4 is 28.4 Å². The van der Waals surface area contributed by atoms with E-state index in [9.17, 15) is 0 Å². The summed E-state index contributed by atoms with van der Waals surface area (Å²) in [6.07, 6.45) is 4.23. The van der Waals surface area contributed by atoms with Crippen LogP contribution in [-0.4, -0.2) is 11.5 Å². The first-order chi connectivity index (χ1) is 29.9. The number of hydrogen-bond acceptors (Lipinski definition) is 1. The van der Waals surface area contributed by atoms with Crippen LogP contribution in [0.4, 0.5) is 0 Å². The van der Waals surface area contributed by atoms with Crippen molar-refractivity contribution in [3.63, 3.8) is 0 Å². The molecular formula is C59H44N2. The molecule has 0 aromatic heterocycles. The molecule has 1 N–H and O–H groups in total. The van der Waals surface area contributed by atoms with Gasteiger partial charge in [0.05, 0.1) is 5.71 Å². The summed E-state index contributed by atoms with van der Waals surface area (Å²) >= 11 is 0. The number of nitrogens with zero attached hydrogens (tertiary/aromatic N) is 1. The molecule has 0 radical (unpaired) electrons. The number of hydrogen-bond donors (Lipinski definition) is 1. The molecule has 0 heterocycles. The third-order valence-electron chi connectivity index (χ3n) is 12.2. The molecule has 1 aliphatic carbocycles. The van der Waals surface area contributed by atoms with Crippen molar-refractivity contribution in [1.82, 2.24) is 0 Å². The fourth-order valence-electron chi connectivity index (χ4n) is 9.06. The second-order valence-electron chi connectivity index (χ2n) is 16.3. The molecule has 0 fully saturated rings. The van der Waals surface area contributed by atoms with E-state index in [1.54, 1.807) is 0 Å². The van der Waals surface area contributed by atoms with Gasteiger partial charge in [-0.1, -0.05) is 214 Å². The van der Waals surface area contributed by atoms with Crippen molar-refractivity contribution in [2.24, 2.45) is 4.99 Å². The predicted octanol–water partition coefficient (Wildman–Crippen LogP) is 15.3. The highest BCUT2D eigenvalue weighted by Crippen LogP contribution is 2.52. The molecule has 0 atom stereocenters. The Morgan fingerprint density at radius 3 is 1.64 bits per heavy atom. The predicted molar refractivity (Wildman–Crippen MR) is 259 cm³/mol. The summed E-state index contributed by atoms with van der Waals surface area (Å²) in [6, 6.07) is 75.1. The molecule has 2 heteroatoms. The van der Waals surface area contributed by atoms with Gasteiger partial charge in [0, 0.05) is 16.5 Å². The van der Waals surface area contributed by atoms with E-state index in [4.69, 9.17) is 10.4 Å². The Bertz CT molecular complexity index is 3080. The molecule has 61 heavy (non-hydrogen) atoms. The summed E-state index contributed by atoms with van der Waals surface area (Å²) < 4.78 is 0. The van der Waals surface area contributed by atoms with Crippen molar-refractivity contribution in [3.8, 4) is 55.6 Å². The van der Waals surface area contributed by atoms with Crippen LogP contribution in [-0.2, 0) is 5.41 Å². The quantitative estimate of drug-likeness (QED) is 0.118. The fourth-order valence-corrected chi connectivity index (χ4v) is 9.06. The van der Waals surface area contributed by atoms with Crippen LogP contribution in [0.15, 0.2) is 223 Å². The summed E-state index contributed by atoms with van der Waals surface area (Å²) in [6.45, 7) is 4.67. The van der Waals surface area contributed by atoms with Gasteiger partial charge in [0.15, 0.2) is 5.84 Å². The van der Waals surface area contributed by atoms with Gasteiger partial charge in [0.1, 0.15) is 0 Å². The van der Waals surface area contributed by atoms with Crippen LogP contribution >= 0.6 is 0 Å². The SMILES string of the molecule is CC1(C)c2ccccc2-c2c(-c3ccc(-c4ccc(/C=C/C(=NC(=N)c5ccccc5)c5cc(-c6ccccc6)cc(-c6ccccc6)c5)c5ccccc45)cc3)cccc21. The van der Waals surface area contributed by atoms with Crippen LogP contribution in [0.1, 0.15) is 41.7 Å². The molecule has 0 bridgehead atoms. The molecule has 9 aromatic rings. The Balaban J connectivity index is 1.04. The maximum absolute atomic E-state index is 9.12. The zero-order valence-electron chi connectivity index (χ0n) is 34.3. The van der Waals surface area contributed by atoms with Crippen molar-refractivity contribution in [2.75, 3.05) is 0 Å². The molecule has 0 unspecified atom stereocenters. The molecule has 290 valence electrons. The summed E-state index contributed by atoms with van der Waals surface area (Å²) in [7, 11) is 0. The molecule has 2 nitrogen and oxygen atoms in total. The van der Waals surface area contributed by atoms with E-state index in [-0.39, 0.29) is 11.3 Å². The summed E-state index contributed by atoms with van der Waals surface area (Å²) in [5.41, 5.74) is 18.2. The molecule has 0 saturated carbocycles. The maximum Gasteiger partial charge on any atom is 0.152 e. The first kappa shape index (κ1) is 37.6. The highest BCUT2D eigenvalue weighted by molar-refractivity contribution is 6.19. The van der Waals surface area contributed by atoms with E-state index in [2.05, 4.69) is 196 Å². The molecule has 1 aliphatic rings. The average Bonchev–Trinajstić information content (AvgIpc) is 3.56. The minimum absolute atomic E-state index is 0.0372. The molecule has 9 aromatic carbocycles. The Hall–Kier alpha value is -7.68. The Morgan fingerprint density at radius 2 is 0.967 bits per heavy atom. The number of allylic oxidation sites excluding steroid dienone is 1. The third kappa shape index (κ3) is 7.13. The standard InChI is InChI=1S/C59H44N2/c1-59(2)54-27-15-14-25-53(54)57-51(26-16-28-55(57)59)44-31-29-42(30-32-44)50-35-33-43(49-23-12-13-24-52(49)50)34-36-56(61-58(60)45-21-10-5-11-22-45)48-38-46(40-17-6-3-7-18-40)37-47(39-48)41-19-8-4-9-20-41/h3-39,60H,1-2H3/b36-34+,60-58?,61-56?. The topological polar surface area (TPSA) is 36.2 Å². The van der Waals surface area contributed by atoms with Crippen molar-refractivity contribution in [1.29, 1.82) is 5.41 Å². The van der Waals surface area contributed by atoms with Crippen LogP contribution in [0, 0.1) is 5.41 Å². The number of aliphatic imine (C=N–C) groups is 1. The number of rotatable bonds is 8. The second kappa shape index (κ2) is 15.8. The van der Waals surface area contributed by atoms with Gasteiger partial charge in [0.25, 0.3) is 0 Å². The van der Waals surface area contributed by atoms with Crippen LogP contribution < -0.4 is 0 Å². The molecule has 10 rings (SSSR count). The van der Waals surface area contributed by atoms with Crippen LogP contribution in [0.3, 0.4) is 0 Å². The third-order valence-corrected chi connectivity index (χ3v) is 12.2. The van der Waals surface area contributed by atoms with Crippen molar-refractivity contribution in [2.45, 2.75) is 19.3 Å². The summed E-state index contributed by atoms with van der Waals surface area (Å²) in [5.74, 6) is 0.212. The van der Waals surface area contributed by atoms with Crippen LogP contribution in [0.25, 0.3) is 72.5 Å². The lowest BCUT2D eigenvalue weighted by molar-refractivity contribution is 0.660. The van der Waals surface area contributed by atoms with Gasteiger partial charge in [-0.2, -0.15) is 0 Å². The molecule has 0 amide bonds. The van der Waals surface area contributed by atoms with Gasteiger partial charge in [-0.15, -0.1) is 0 Å². The highest BCUT2D eigenvalue weighted by atomic mass is 14.8. The Kier molecular flexibility index (Phi) is 9.75. The lowest BCUT2D eigenvalue weighted by atomic mass is 9.82. The molecular weight excluding hydrogens is 737 g/mol. The van der Waals surface area contributed by atoms with Gasteiger partial charge in [-0.05, 0) is 107 Å². The summed E-state index contributed by atoms with van der Waals surface area (Å²) in [4.78, 5) is 5.04. The van der Waals surface area contributed by atoms with Gasteiger partial charge >= 0.3 is 0 Å².